The van der Waals surface area contributed by atoms with Crippen LogP contribution in [0.5, 0.6) is 11.5 Å². The lowest BCUT2D eigenvalue weighted by atomic mass is 9.68. The summed E-state index contributed by atoms with van der Waals surface area (Å²) in [5, 5.41) is 55.0. The second kappa shape index (κ2) is 9.86. The summed E-state index contributed by atoms with van der Waals surface area (Å²) in [4.78, 5) is 40.1. The van der Waals surface area contributed by atoms with Crippen molar-refractivity contribution in [1.82, 2.24) is 0 Å². The number of carbonyl (C=O) groups is 3. The summed E-state index contributed by atoms with van der Waals surface area (Å²) in [6.45, 7) is 4.23. The first-order valence-corrected chi connectivity index (χ1v) is 13.0. The molecule has 2 aromatic carbocycles. The van der Waals surface area contributed by atoms with Gasteiger partial charge in [0.2, 0.25) is 5.78 Å². The van der Waals surface area contributed by atoms with Crippen molar-refractivity contribution < 1.29 is 58.9 Å². The molecule has 41 heavy (non-hydrogen) atoms. The molecule has 0 unspecified atom stereocenters. The van der Waals surface area contributed by atoms with Crippen LogP contribution in [0.2, 0.25) is 0 Å². The van der Waals surface area contributed by atoms with Crippen LogP contribution in [-0.2, 0) is 23.7 Å². The number of phenols is 2. The molecule has 5 rings (SSSR count). The van der Waals surface area contributed by atoms with Crippen LogP contribution in [0, 0.1) is 0 Å². The standard InChI is InChI=1S/C29H32O12/c1-11-24(34)29(3,37)25(38-4)27(40-11)41-16-10-28(2,36)20(26(35)39-5)13-9-14-19(23(33)18(13)16)22(32)17-12(21(14)31)7-6-8-15(17)30/h6-9,11,16,20,24-25,27,30,33-34,36-37H,10H2,1-5H3/t11-,16-,20-,24-,25-,27-,28-,29+/m0/s1. The predicted molar refractivity (Wildman–Crippen MR) is 139 cm³/mol. The maximum absolute atomic E-state index is 13.6. The predicted octanol–water partition coefficient (Wildman–Crippen LogP) is 1.21. The number of hydrogen-bond acceptors (Lipinski definition) is 12. The van der Waals surface area contributed by atoms with Crippen molar-refractivity contribution >= 4 is 17.5 Å². The minimum absolute atomic E-state index is 0.0104. The lowest BCUT2D eigenvalue weighted by Crippen LogP contribution is -2.65. The maximum atomic E-state index is 13.6. The number of carbonyl (C=O) groups excluding carboxylic acids is 3. The molecule has 12 nitrogen and oxygen atoms in total. The highest BCUT2D eigenvalue weighted by Gasteiger charge is 2.55. The number of hydrogen-bond donors (Lipinski definition) is 5. The van der Waals surface area contributed by atoms with Crippen LogP contribution in [0.4, 0.5) is 0 Å². The number of ketones is 2. The van der Waals surface area contributed by atoms with Crippen molar-refractivity contribution in [2.24, 2.45) is 0 Å². The lowest BCUT2D eigenvalue weighted by molar-refractivity contribution is -0.338. The smallest absolute Gasteiger partial charge is 0.316 e. The second-order valence-electron chi connectivity index (χ2n) is 11.2. The van der Waals surface area contributed by atoms with Crippen molar-refractivity contribution in [2.45, 2.75) is 75.0 Å². The molecule has 3 aliphatic rings. The second-order valence-corrected chi connectivity index (χ2v) is 11.2. The highest BCUT2D eigenvalue weighted by molar-refractivity contribution is 6.30. The average Bonchev–Trinajstić information content (AvgIpc) is 2.89. The van der Waals surface area contributed by atoms with Gasteiger partial charge in [-0.05, 0) is 38.5 Å². The monoisotopic (exact) mass is 572 g/mol. The Morgan fingerprint density at radius 2 is 1.73 bits per heavy atom. The maximum Gasteiger partial charge on any atom is 0.316 e. The molecule has 1 heterocycles. The Balaban J connectivity index is 1.71. The van der Waals surface area contributed by atoms with E-state index in [2.05, 4.69) is 0 Å². The molecule has 0 aromatic heterocycles. The molecule has 8 atom stereocenters. The van der Waals surface area contributed by atoms with Crippen LogP contribution in [0.1, 0.15) is 82.2 Å². The van der Waals surface area contributed by atoms with E-state index in [1.165, 1.54) is 52.1 Å². The fraction of sp³-hybridized carbons (Fsp3) is 0.483. The molecule has 2 aliphatic carbocycles. The molecule has 0 saturated carbocycles. The van der Waals surface area contributed by atoms with Crippen LogP contribution < -0.4 is 0 Å². The number of aliphatic hydroxyl groups excluding tert-OH is 1. The number of benzene rings is 2. The first kappa shape index (κ1) is 29.1. The molecule has 0 bridgehead atoms. The van der Waals surface area contributed by atoms with Crippen LogP contribution in [-0.4, -0.2) is 93.1 Å². The SMILES string of the molecule is COC(=O)[C@@H]1c2cc3c(c(O)c2[C@@H](O[C@@H]2O[C@@H](C)[C@H](O)[C@@](C)(O)[C@H]2OC)C[C@]1(C)O)C(=O)c1c(O)cccc1C3=O. The van der Waals surface area contributed by atoms with Gasteiger partial charge in [-0.25, -0.2) is 0 Å². The topological polar surface area (TPSA) is 189 Å². The third-order valence-electron chi connectivity index (χ3n) is 8.42. The molecule has 0 spiro atoms. The fourth-order valence-corrected chi connectivity index (χ4v) is 6.37. The zero-order valence-electron chi connectivity index (χ0n) is 23.1. The van der Waals surface area contributed by atoms with Gasteiger partial charge in [-0.2, -0.15) is 0 Å². The van der Waals surface area contributed by atoms with E-state index in [9.17, 15) is 39.9 Å². The molecule has 12 heteroatoms. The van der Waals surface area contributed by atoms with Crippen LogP contribution in [0.15, 0.2) is 24.3 Å². The summed E-state index contributed by atoms with van der Waals surface area (Å²) < 4.78 is 22.4. The third kappa shape index (κ3) is 4.25. The van der Waals surface area contributed by atoms with E-state index in [1.807, 2.05) is 0 Å². The van der Waals surface area contributed by atoms with E-state index in [0.29, 0.717) is 0 Å². The molecular weight excluding hydrogens is 540 g/mol. The van der Waals surface area contributed by atoms with E-state index >= 15 is 0 Å². The van der Waals surface area contributed by atoms with Crippen molar-refractivity contribution in [3.63, 3.8) is 0 Å². The first-order valence-electron chi connectivity index (χ1n) is 13.0. The number of fused-ring (bicyclic) bond motifs is 3. The van der Waals surface area contributed by atoms with Crippen molar-refractivity contribution in [3.8, 4) is 11.5 Å². The summed E-state index contributed by atoms with van der Waals surface area (Å²) >= 11 is 0. The van der Waals surface area contributed by atoms with Crippen molar-refractivity contribution in [2.75, 3.05) is 14.2 Å². The van der Waals surface area contributed by atoms with Gasteiger partial charge in [-0.3, -0.25) is 14.4 Å². The Kier molecular flexibility index (Phi) is 7.00. The van der Waals surface area contributed by atoms with E-state index < -0.39 is 82.4 Å². The minimum Gasteiger partial charge on any atom is -0.507 e. The number of aliphatic hydroxyl groups is 3. The number of esters is 1. The highest BCUT2D eigenvalue weighted by atomic mass is 16.7. The molecule has 5 N–H and O–H groups in total. The third-order valence-corrected chi connectivity index (χ3v) is 8.42. The van der Waals surface area contributed by atoms with Crippen LogP contribution in [0.25, 0.3) is 0 Å². The highest BCUT2D eigenvalue weighted by Crippen LogP contribution is 2.53. The van der Waals surface area contributed by atoms with Crippen molar-refractivity contribution in [1.29, 1.82) is 0 Å². The molecule has 220 valence electrons. The molecule has 0 amide bonds. The summed E-state index contributed by atoms with van der Waals surface area (Å²) in [6.07, 6.45) is -6.40. The van der Waals surface area contributed by atoms with Gasteiger partial charge in [0.05, 0.1) is 36.0 Å². The summed E-state index contributed by atoms with van der Waals surface area (Å²) in [7, 11) is 2.41. The van der Waals surface area contributed by atoms with Gasteiger partial charge in [0.15, 0.2) is 12.1 Å². The minimum atomic E-state index is -1.84. The van der Waals surface area contributed by atoms with E-state index in [0.717, 1.165) is 7.11 Å². The average molecular weight is 573 g/mol. The van der Waals surface area contributed by atoms with Crippen molar-refractivity contribution in [3.05, 3.63) is 57.6 Å². The zero-order valence-corrected chi connectivity index (χ0v) is 23.1. The molecular formula is C29H32O12. The van der Waals surface area contributed by atoms with Crippen LogP contribution >= 0.6 is 0 Å². The summed E-state index contributed by atoms with van der Waals surface area (Å²) in [5.74, 6) is -4.86. The first-order chi connectivity index (χ1) is 19.2. The summed E-state index contributed by atoms with van der Waals surface area (Å²) in [5.41, 5.74) is -4.74. The summed E-state index contributed by atoms with van der Waals surface area (Å²) in [6, 6.07) is 5.26. The Hall–Kier alpha value is -3.39. The molecule has 1 fully saturated rings. The molecule has 1 aliphatic heterocycles. The number of methoxy groups -OCH3 is 2. The quantitative estimate of drug-likeness (QED) is 0.282. The molecule has 0 radical (unpaired) electrons. The fourth-order valence-electron chi connectivity index (χ4n) is 6.37. The largest absolute Gasteiger partial charge is 0.507 e. The zero-order chi connectivity index (χ0) is 30.2. The van der Waals surface area contributed by atoms with Gasteiger partial charge < -0.3 is 44.5 Å². The number of aromatic hydroxyl groups is 2. The van der Waals surface area contributed by atoms with Crippen LogP contribution in [0.3, 0.4) is 0 Å². The number of phenolic OH excluding ortho intramolecular Hbond substituents is 2. The lowest BCUT2D eigenvalue weighted by Gasteiger charge is -2.49. The normalized spacial score (nSPS) is 34.4. The number of ether oxygens (including phenoxy) is 4. The van der Waals surface area contributed by atoms with E-state index in [1.54, 1.807) is 0 Å². The van der Waals surface area contributed by atoms with E-state index in [-0.39, 0.29) is 34.2 Å². The van der Waals surface area contributed by atoms with Gasteiger partial charge in [-0.1, -0.05) is 12.1 Å². The van der Waals surface area contributed by atoms with Gasteiger partial charge >= 0.3 is 5.97 Å². The van der Waals surface area contributed by atoms with Gasteiger partial charge in [0.1, 0.15) is 35.2 Å². The Morgan fingerprint density at radius 1 is 1.05 bits per heavy atom. The molecule has 1 saturated heterocycles. The Morgan fingerprint density at radius 3 is 2.37 bits per heavy atom. The number of rotatable bonds is 4. The van der Waals surface area contributed by atoms with E-state index in [4.69, 9.17) is 18.9 Å². The Bertz CT molecular complexity index is 1440. The van der Waals surface area contributed by atoms with Gasteiger partial charge in [-0.15, -0.1) is 0 Å². The Labute approximate surface area is 235 Å². The van der Waals surface area contributed by atoms with Gasteiger partial charge in [0, 0.05) is 30.2 Å². The molecule has 2 aromatic rings. The van der Waals surface area contributed by atoms with Gasteiger partial charge in [0.25, 0.3) is 0 Å².